The molecule has 0 bridgehead atoms. The summed E-state index contributed by atoms with van der Waals surface area (Å²) in [6.45, 7) is 0. The molecule has 1 aromatic carbocycles. The third kappa shape index (κ3) is 2.76. The number of rotatable bonds is 3. The first-order valence-electron chi connectivity index (χ1n) is 5.59. The molecular formula is C11H7N3O6S2. The molecule has 0 aliphatic carbocycles. The number of phenolic OH excluding ortho intramolecular Hbond substituents is 1. The molecule has 0 atom stereocenters. The Morgan fingerprint density at radius 2 is 1.95 bits per heavy atom. The summed E-state index contributed by atoms with van der Waals surface area (Å²) in [7, 11) is 1.45. The van der Waals surface area contributed by atoms with Crippen LogP contribution in [0.25, 0.3) is 6.08 Å². The Kier molecular flexibility index (Phi) is 4.10. The quantitative estimate of drug-likeness (QED) is 0.383. The van der Waals surface area contributed by atoms with Crippen molar-refractivity contribution < 1.29 is 19.7 Å². The molecule has 0 spiro atoms. The first-order chi connectivity index (χ1) is 10.2. The van der Waals surface area contributed by atoms with E-state index in [2.05, 4.69) is 0 Å². The van der Waals surface area contributed by atoms with Gasteiger partial charge in [0.1, 0.15) is 4.32 Å². The maximum Gasteiger partial charge on any atom is 0.318 e. The van der Waals surface area contributed by atoms with E-state index in [4.69, 9.17) is 12.2 Å². The van der Waals surface area contributed by atoms with Gasteiger partial charge in [-0.3, -0.25) is 29.9 Å². The predicted octanol–water partition coefficient (Wildman–Crippen LogP) is 2.04. The summed E-state index contributed by atoms with van der Waals surface area (Å²) in [4.78, 5) is 33.1. The number of nitro benzene ring substituents is 2. The predicted molar refractivity (Wildman–Crippen MR) is 82.4 cm³/mol. The molecule has 0 radical (unpaired) electrons. The minimum absolute atomic E-state index is 0.109. The highest BCUT2D eigenvalue weighted by Crippen LogP contribution is 2.38. The van der Waals surface area contributed by atoms with Gasteiger partial charge in [-0.05, 0) is 6.08 Å². The molecule has 9 nitrogen and oxygen atoms in total. The van der Waals surface area contributed by atoms with Crippen LogP contribution in [-0.4, -0.2) is 37.1 Å². The number of likely N-dealkylation sites (N-methyl/N-ethyl adjacent to an activating group) is 1. The van der Waals surface area contributed by atoms with E-state index < -0.39 is 32.9 Å². The van der Waals surface area contributed by atoms with Crippen molar-refractivity contribution in [2.24, 2.45) is 0 Å². The molecule has 1 aliphatic heterocycles. The van der Waals surface area contributed by atoms with Gasteiger partial charge in [0.2, 0.25) is 5.75 Å². The van der Waals surface area contributed by atoms with Crippen LogP contribution in [0.15, 0.2) is 17.0 Å². The molecule has 22 heavy (non-hydrogen) atoms. The number of carbonyl (C=O) groups is 1. The van der Waals surface area contributed by atoms with E-state index in [0.717, 1.165) is 23.9 Å². The van der Waals surface area contributed by atoms with E-state index in [1.54, 1.807) is 0 Å². The number of phenols is 1. The zero-order valence-electron chi connectivity index (χ0n) is 10.9. The lowest BCUT2D eigenvalue weighted by Crippen LogP contribution is -2.22. The van der Waals surface area contributed by atoms with E-state index in [1.165, 1.54) is 11.9 Å². The molecule has 1 saturated heterocycles. The number of hydrogen-bond donors (Lipinski definition) is 1. The topological polar surface area (TPSA) is 127 Å². The number of thiocarbonyl (C=S) groups is 1. The molecule has 1 N–H and O–H groups in total. The van der Waals surface area contributed by atoms with Crippen LogP contribution in [0.4, 0.5) is 11.4 Å². The van der Waals surface area contributed by atoms with Gasteiger partial charge in [-0.2, -0.15) is 0 Å². The first kappa shape index (κ1) is 15.9. The average Bonchev–Trinajstić information content (AvgIpc) is 2.68. The van der Waals surface area contributed by atoms with Gasteiger partial charge in [0.25, 0.3) is 11.6 Å². The van der Waals surface area contributed by atoms with Crippen molar-refractivity contribution >= 4 is 51.7 Å². The molecule has 11 heteroatoms. The van der Waals surface area contributed by atoms with Gasteiger partial charge < -0.3 is 5.11 Å². The van der Waals surface area contributed by atoms with Crippen LogP contribution < -0.4 is 0 Å². The lowest BCUT2D eigenvalue weighted by molar-refractivity contribution is -0.394. The Bertz CT molecular complexity index is 760. The molecule has 1 aliphatic rings. The molecule has 1 aromatic rings. The van der Waals surface area contributed by atoms with Crippen molar-refractivity contribution in [1.29, 1.82) is 0 Å². The van der Waals surface area contributed by atoms with E-state index >= 15 is 0 Å². The average molecular weight is 341 g/mol. The lowest BCUT2D eigenvalue weighted by Gasteiger charge is -2.04. The molecule has 2 rings (SSSR count). The number of aromatic hydroxyl groups is 1. The normalized spacial score (nSPS) is 16.4. The second-order valence-electron chi connectivity index (χ2n) is 4.16. The van der Waals surface area contributed by atoms with Gasteiger partial charge >= 0.3 is 5.69 Å². The summed E-state index contributed by atoms with van der Waals surface area (Å²) in [5.41, 5.74) is -1.58. The Hall–Kier alpha value is -2.53. The number of carbonyl (C=O) groups excluding carboxylic acids is 1. The van der Waals surface area contributed by atoms with E-state index in [-0.39, 0.29) is 14.8 Å². The van der Waals surface area contributed by atoms with Gasteiger partial charge in [0, 0.05) is 18.7 Å². The molecule has 1 fully saturated rings. The first-order valence-corrected chi connectivity index (χ1v) is 6.82. The largest absolute Gasteiger partial charge is 0.502 e. The molecule has 0 unspecified atom stereocenters. The van der Waals surface area contributed by atoms with Gasteiger partial charge in [0.05, 0.1) is 20.8 Å². The second-order valence-corrected chi connectivity index (χ2v) is 5.83. The Balaban J connectivity index is 2.60. The Labute approximate surface area is 132 Å². The fourth-order valence-electron chi connectivity index (χ4n) is 1.67. The lowest BCUT2D eigenvalue weighted by atomic mass is 10.1. The van der Waals surface area contributed by atoms with Gasteiger partial charge in [-0.25, -0.2) is 0 Å². The third-order valence-electron chi connectivity index (χ3n) is 2.78. The monoisotopic (exact) mass is 341 g/mol. The van der Waals surface area contributed by atoms with Crippen molar-refractivity contribution in [2.45, 2.75) is 0 Å². The van der Waals surface area contributed by atoms with Gasteiger partial charge in [-0.1, -0.05) is 24.0 Å². The SMILES string of the molecule is CN1C(=O)C(=Cc2cc([N+](=O)[O-])cc([N+](=O)[O-])c2O)SC1=S. The maximum atomic E-state index is 11.9. The maximum absolute atomic E-state index is 11.9. The number of hydrogen-bond acceptors (Lipinski definition) is 8. The number of thioether (sulfide) groups is 1. The summed E-state index contributed by atoms with van der Waals surface area (Å²) >= 11 is 5.86. The van der Waals surface area contributed by atoms with E-state index in [1.807, 2.05) is 0 Å². The van der Waals surface area contributed by atoms with E-state index in [9.17, 15) is 30.1 Å². The molecule has 0 aromatic heterocycles. The van der Waals surface area contributed by atoms with Crippen LogP contribution in [0.2, 0.25) is 0 Å². The minimum Gasteiger partial charge on any atom is -0.502 e. The summed E-state index contributed by atoms with van der Waals surface area (Å²) in [6, 6.07) is 1.60. The molecule has 1 amide bonds. The highest BCUT2D eigenvalue weighted by Gasteiger charge is 2.30. The van der Waals surface area contributed by atoms with Crippen LogP contribution in [0.1, 0.15) is 5.56 Å². The van der Waals surface area contributed by atoms with Crippen molar-refractivity contribution in [3.8, 4) is 5.75 Å². The molecule has 0 saturated carbocycles. The van der Waals surface area contributed by atoms with Crippen molar-refractivity contribution in [3.05, 3.63) is 42.8 Å². The van der Waals surface area contributed by atoms with Crippen LogP contribution in [0, 0.1) is 20.2 Å². The van der Waals surface area contributed by atoms with Crippen molar-refractivity contribution in [3.63, 3.8) is 0 Å². The summed E-state index contributed by atoms with van der Waals surface area (Å²) in [6.07, 6.45) is 1.14. The zero-order valence-corrected chi connectivity index (χ0v) is 12.5. The van der Waals surface area contributed by atoms with E-state index in [0.29, 0.717) is 6.07 Å². The minimum atomic E-state index is -0.940. The zero-order chi connectivity index (χ0) is 16.6. The highest BCUT2D eigenvalue weighted by molar-refractivity contribution is 8.26. The fourth-order valence-corrected chi connectivity index (χ4v) is 2.84. The van der Waals surface area contributed by atoms with Crippen LogP contribution >= 0.6 is 24.0 Å². The van der Waals surface area contributed by atoms with Gasteiger partial charge in [-0.15, -0.1) is 0 Å². The highest BCUT2D eigenvalue weighted by atomic mass is 32.2. The summed E-state index contributed by atoms with van der Waals surface area (Å²) in [5.74, 6) is -1.21. The van der Waals surface area contributed by atoms with Crippen LogP contribution in [-0.2, 0) is 4.79 Å². The number of amides is 1. The Morgan fingerprint density at radius 3 is 2.41 bits per heavy atom. The third-order valence-corrected chi connectivity index (χ3v) is 4.27. The second kappa shape index (κ2) is 5.69. The molecule has 114 valence electrons. The van der Waals surface area contributed by atoms with Crippen molar-refractivity contribution in [1.82, 2.24) is 4.90 Å². The standard InChI is InChI=1S/C11H7N3O6S2/c1-12-10(16)8(22-11(12)21)3-5-2-6(13(17)18)4-7(9(5)15)14(19)20/h2-4,15H,1H3. The van der Waals surface area contributed by atoms with Crippen LogP contribution in [0.5, 0.6) is 5.75 Å². The number of nitrogens with zero attached hydrogens (tertiary/aromatic N) is 3. The number of benzene rings is 1. The summed E-state index contributed by atoms with van der Waals surface area (Å²) in [5, 5.41) is 31.5. The Morgan fingerprint density at radius 1 is 1.32 bits per heavy atom. The summed E-state index contributed by atoms with van der Waals surface area (Å²) < 4.78 is 0.274. The molecule has 1 heterocycles. The molecular weight excluding hydrogens is 334 g/mol. The van der Waals surface area contributed by atoms with Gasteiger partial charge in [0.15, 0.2) is 0 Å². The van der Waals surface area contributed by atoms with Crippen molar-refractivity contribution in [2.75, 3.05) is 7.05 Å². The number of nitro groups is 2. The fraction of sp³-hybridized carbons (Fsp3) is 0.0909. The smallest absolute Gasteiger partial charge is 0.318 e. The number of non-ortho nitro benzene ring substituents is 1. The van der Waals surface area contributed by atoms with Crippen LogP contribution in [0.3, 0.4) is 0 Å².